The molecule has 0 aliphatic heterocycles. The number of benzene rings is 1. The highest BCUT2D eigenvalue weighted by Gasteiger charge is 2.19. The van der Waals surface area contributed by atoms with Crippen LogP contribution in [-0.2, 0) is 0 Å². The molecule has 4 heteroatoms. The molecule has 1 aromatic carbocycles. The molecule has 0 saturated carbocycles. The summed E-state index contributed by atoms with van der Waals surface area (Å²) >= 11 is 0. The minimum absolute atomic E-state index is 0.139. The molecule has 74 valence electrons. The van der Waals surface area contributed by atoms with Gasteiger partial charge in [-0.25, -0.2) is 4.39 Å². The third-order valence-electron chi connectivity index (χ3n) is 1.83. The first-order valence-electron chi connectivity index (χ1n) is 3.99. The fourth-order valence-electron chi connectivity index (χ4n) is 1.19. The Hall–Kier alpha value is -1.76. The number of nitrogens with zero attached hydrogens (tertiary/aromatic N) is 1. The van der Waals surface area contributed by atoms with E-state index in [4.69, 9.17) is 14.7 Å². The average molecular weight is 195 g/mol. The fraction of sp³-hybridized carbons (Fsp3) is 0.300. The molecule has 1 unspecified atom stereocenters. The molecule has 0 heterocycles. The lowest BCUT2D eigenvalue weighted by Gasteiger charge is -2.11. The van der Waals surface area contributed by atoms with Crippen molar-refractivity contribution in [3.05, 3.63) is 23.8 Å². The van der Waals surface area contributed by atoms with Gasteiger partial charge in [-0.3, -0.25) is 0 Å². The van der Waals surface area contributed by atoms with Crippen LogP contribution >= 0.6 is 0 Å². The van der Waals surface area contributed by atoms with E-state index < -0.39 is 6.17 Å². The first-order chi connectivity index (χ1) is 6.74. The summed E-state index contributed by atoms with van der Waals surface area (Å²) in [6.45, 7) is 0. The van der Waals surface area contributed by atoms with Crippen LogP contribution in [0.15, 0.2) is 18.2 Å². The summed E-state index contributed by atoms with van der Waals surface area (Å²) in [6, 6.07) is 6.35. The van der Waals surface area contributed by atoms with Gasteiger partial charge >= 0.3 is 0 Å². The van der Waals surface area contributed by atoms with Gasteiger partial charge in [-0.05, 0) is 12.1 Å². The van der Waals surface area contributed by atoms with Crippen LogP contribution in [0.3, 0.4) is 0 Å². The van der Waals surface area contributed by atoms with E-state index in [1.807, 2.05) is 0 Å². The Morgan fingerprint density at radius 1 is 1.29 bits per heavy atom. The van der Waals surface area contributed by atoms with Crippen LogP contribution in [0.5, 0.6) is 11.5 Å². The highest BCUT2D eigenvalue weighted by molar-refractivity contribution is 5.48. The number of ether oxygens (including phenoxy) is 2. The molecule has 0 amide bonds. The molecule has 0 aromatic heterocycles. The monoisotopic (exact) mass is 195 g/mol. The average Bonchev–Trinajstić information content (AvgIpc) is 2.26. The molecule has 0 aliphatic rings. The van der Waals surface area contributed by atoms with Crippen molar-refractivity contribution >= 4 is 0 Å². The number of hydrogen-bond acceptors (Lipinski definition) is 3. The van der Waals surface area contributed by atoms with Crippen molar-refractivity contribution in [3.8, 4) is 17.6 Å². The van der Waals surface area contributed by atoms with Crippen molar-refractivity contribution < 1.29 is 13.9 Å². The maximum absolute atomic E-state index is 13.2. The first kappa shape index (κ1) is 10.3. The normalized spacial score (nSPS) is 11.6. The number of alkyl halides is 1. The predicted molar refractivity (Wildman–Crippen MR) is 49.0 cm³/mol. The largest absolute Gasteiger partial charge is 0.496 e. The van der Waals surface area contributed by atoms with Crippen LogP contribution in [0.4, 0.5) is 4.39 Å². The maximum atomic E-state index is 13.2. The van der Waals surface area contributed by atoms with Crippen LogP contribution in [-0.4, -0.2) is 14.2 Å². The SMILES string of the molecule is COc1cccc(OC)c1C(F)C#N. The molecular formula is C10H10FNO2. The van der Waals surface area contributed by atoms with Crippen LogP contribution in [0, 0.1) is 11.3 Å². The fourth-order valence-corrected chi connectivity index (χ4v) is 1.19. The van der Waals surface area contributed by atoms with E-state index in [-0.39, 0.29) is 5.56 Å². The number of nitriles is 1. The Labute approximate surface area is 81.7 Å². The molecule has 0 saturated heterocycles. The number of rotatable bonds is 3. The lowest BCUT2D eigenvalue weighted by atomic mass is 10.1. The smallest absolute Gasteiger partial charge is 0.218 e. The van der Waals surface area contributed by atoms with Gasteiger partial charge in [0.25, 0.3) is 0 Å². The highest BCUT2D eigenvalue weighted by atomic mass is 19.1. The van der Waals surface area contributed by atoms with Crippen molar-refractivity contribution in [2.75, 3.05) is 14.2 Å². The predicted octanol–water partition coefficient (Wildman–Crippen LogP) is 2.24. The van der Waals surface area contributed by atoms with Crippen LogP contribution in [0.2, 0.25) is 0 Å². The van der Waals surface area contributed by atoms with Gasteiger partial charge in [0.2, 0.25) is 6.17 Å². The minimum atomic E-state index is -1.74. The Morgan fingerprint density at radius 3 is 2.14 bits per heavy atom. The molecule has 0 spiro atoms. The third-order valence-corrected chi connectivity index (χ3v) is 1.83. The van der Waals surface area contributed by atoms with Gasteiger partial charge in [-0.15, -0.1) is 0 Å². The standard InChI is InChI=1S/C10H10FNO2/c1-13-8-4-3-5-9(14-2)10(8)7(11)6-12/h3-5,7H,1-2H3. The van der Waals surface area contributed by atoms with Crippen molar-refractivity contribution in [2.24, 2.45) is 0 Å². The molecule has 0 bridgehead atoms. The van der Waals surface area contributed by atoms with E-state index in [1.165, 1.54) is 20.3 Å². The third kappa shape index (κ3) is 1.77. The van der Waals surface area contributed by atoms with Crippen LogP contribution < -0.4 is 9.47 Å². The van der Waals surface area contributed by atoms with Gasteiger partial charge in [0.1, 0.15) is 17.6 Å². The minimum Gasteiger partial charge on any atom is -0.496 e. The first-order valence-corrected chi connectivity index (χ1v) is 3.99. The van der Waals surface area contributed by atoms with Gasteiger partial charge in [0.15, 0.2) is 0 Å². The summed E-state index contributed by atoms with van der Waals surface area (Å²) in [4.78, 5) is 0. The molecule has 1 atom stereocenters. The summed E-state index contributed by atoms with van der Waals surface area (Å²) in [7, 11) is 2.84. The second-order valence-electron chi connectivity index (χ2n) is 2.57. The van der Waals surface area contributed by atoms with Crippen molar-refractivity contribution in [1.29, 1.82) is 5.26 Å². The van der Waals surface area contributed by atoms with Gasteiger partial charge in [-0.2, -0.15) is 5.26 Å². The topological polar surface area (TPSA) is 42.2 Å². The Bertz CT molecular complexity index is 337. The van der Waals surface area contributed by atoms with E-state index in [0.29, 0.717) is 11.5 Å². The van der Waals surface area contributed by atoms with Gasteiger partial charge in [-0.1, -0.05) is 6.07 Å². The Morgan fingerprint density at radius 2 is 1.79 bits per heavy atom. The van der Waals surface area contributed by atoms with Crippen molar-refractivity contribution in [2.45, 2.75) is 6.17 Å². The van der Waals surface area contributed by atoms with E-state index in [2.05, 4.69) is 0 Å². The van der Waals surface area contributed by atoms with E-state index in [1.54, 1.807) is 18.2 Å². The summed E-state index contributed by atoms with van der Waals surface area (Å²) in [5.41, 5.74) is 0.139. The molecule has 0 aliphatic carbocycles. The summed E-state index contributed by atoms with van der Waals surface area (Å²) in [6.07, 6.45) is -1.74. The summed E-state index contributed by atoms with van der Waals surface area (Å²) < 4.78 is 23.1. The Kier molecular flexibility index (Phi) is 3.29. The molecule has 1 rings (SSSR count). The van der Waals surface area contributed by atoms with Gasteiger partial charge in [0, 0.05) is 0 Å². The number of methoxy groups -OCH3 is 2. The second kappa shape index (κ2) is 4.47. The lowest BCUT2D eigenvalue weighted by Crippen LogP contribution is -1.98. The maximum Gasteiger partial charge on any atom is 0.218 e. The molecular weight excluding hydrogens is 185 g/mol. The quantitative estimate of drug-likeness (QED) is 0.742. The van der Waals surface area contributed by atoms with Crippen LogP contribution in [0.1, 0.15) is 11.7 Å². The number of hydrogen-bond donors (Lipinski definition) is 0. The highest BCUT2D eigenvalue weighted by Crippen LogP contribution is 2.35. The van der Waals surface area contributed by atoms with E-state index in [9.17, 15) is 4.39 Å². The second-order valence-corrected chi connectivity index (χ2v) is 2.57. The molecule has 14 heavy (non-hydrogen) atoms. The zero-order valence-electron chi connectivity index (χ0n) is 7.95. The van der Waals surface area contributed by atoms with Gasteiger partial charge < -0.3 is 9.47 Å². The zero-order valence-corrected chi connectivity index (χ0v) is 7.95. The van der Waals surface area contributed by atoms with Crippen molar-refractivity contribution in [3.63, 3.8) is 0 Å². The molecule has 0 fully saturated rings. The summed E-state index contributed by atoms with van der Waals surface area (Å²) in [5.74, 6) is 0.636. The van der Waals surface area contributed by atoms with E-state index >= 15 is 0 Å². The van der Waals surface area contributed by atoms with Crippen LogP contribution in [0.25, 0.3) is 0 Å². The zero-order chi connectivity index (χ0) is 10.6. The number of halogens is 1. The Balaban J connectivity index is 3.27. The molecule has 0 N–H and O–H groups in total. The summed E-state index contributed by atoms with van der Waals surface area (Å²) in [5, 5.41) is 8.49. The lowest BCUT2D eigenvalue weighted by molar-refractivity contribution is 0.348. The molecule has 0 radical (unpaired) electrons. The van der Waals surface area contributed by atoms with Gasteiger partial charge in [0.05, 0.1) is 19.8 Å². The van der Waals surface area contributed by atoms with E-state index in [0.717, 1.165) is 0 Å². The molecule has 3 nitrogen and oxygen atoms in total. The molecule has 1 aromatic rings. The van der Waals surface area contributed by atoms with Crippen molar-refractivity contribution in [1.82, 2.24) is 0 Å².